The van der Waals surface area contributed by atoms with Crippen molar-refractivity contribution >= 4 is 5.91 Å². The molecule has 3 heteroatoms. The Morgan fingerprint density at radius 2 is 1.74 bits per heavy atom. The molecule has 1 aliphatic rings. The molecule has 0 aliphatic heterocycles. The molecule has 0 heterocycles. The van der Waals surface area contributed by atoms with Crippen LogP contribution in [0.2, 0.25) is 0 Å². The average Bonchev–Trinajstić information content (AvgIpc) is 2.27. The van der Waals surface area contributed by atoms with E-state index in [9.17, 15) is 4.79 Å². The highest BCUT2D eigenvalue weighted by Gasteiger charge is 2.29. The molecule has 0 radical (unpaired) electrons. The van der Waals surface area contributed by atoms with Crippen LogP contribution in [-0.2, 0) is 4.79 Å². The lowest BCUT2D eigenvalue weighted by Gasteiger charge is -2.37. The standard InChI is InChI=1S/C16H32N2O/c1-12(2)18-15(19)10-11-17-14-8-6-13(7-9-14)16(3,4)5/h12-14,17H,6-11H2,1-5H3,(H,18,19). The van der Waals surface area contributed by atoms with E-state index in [0.29, 0.717) is 17.9 Å². The molecular formula is C16H32N2O. The van der Waals surface area contributed by atoms with Gasteiger partial charge in [-0.05, 0) is 50.9 Å². The van der Waals surface area contributed by atoms with Crippen molar-refractivity contribution in [2.45, 2.75) is 78.8 Å². The Hall–Kier alpha value is -0.570. The zero-order chi connectivity index (χ0) is 14.5. The molecule has 0 bridgehead atoms. The molecular weight excluding hydrogens is 236 g/mol. The van der Waals surface area contributed by atoms with Gasteiger partial charge in [0.2, 0.25) is 5.91 Å². The van der Waals surface area contributed by atoms with Gasteiger partial charge in [-0.2, -0.15) is 0 Å². The van der Waals surface area contributed by atoms with E-state index in [-0.39, 0.29) is 11.9 Å². The summed E-state index contributed by atoms with van der Waals surface area (Å²) in [5.41, 5.74) is 0.447. The van der Waals surface area contributed by atoms with Crippen LogP contribution in [0.5, 0.6) is 0 Å². The second kappa shape index (κ2) is 7.28. The first-order valence-electron chi connectivity index (χ1n) is 7.81. The third-order valence-electron chi connectivity index (χ3n) is 4.19. The van der Waals surface area contributed by atoms with Crippen LogP contribution in [0.1, 0.15) is 66.7 Å². The van der Waals surface area contributed by atoms with E-state index < -0.39 is 0 Å². The summed E-state index contributed by atoms with van der Waals surface area (Å²) in [6.07, 6.45) is 5.75. The quantitative estimate of drug-likeness (QED) is 0.804. The number of amides is 1. The molecule has 0 atom stereocenters. The highest BCUT2D eigenvalue weighted by Crippen LogP contribution is 2.37. The molecule has 0 saturated heterocycles. The van der Waals surface area contributed by atoms with Crippen LogP contribution in [0.3, 0.4) is 0 Å². The molecule has 1 saturated carbocycles. The largest absolute Gasteiger partial charge is 0.354 e. The summed E-state index contributed by atoms with van der Waals surface area (Å²) in [4.78, 5) is 11.5. The lowest BCUT2D eigenvalue weighted by Crippen LogP contribution is -2.38. The number of hydrogen-bond acceptors (Lipinski definition) is 2. The van der Waals surface area contributed by atoms with Crippen molar-refractivity contribution in [3.05, 3.63) is 0 Å². The van der Waals surface area contributed by atoms with Crippen LogP contribution in [-0.4, -0.2) is 24.5 Å². The second-order valence-corrected chi connectivity index (χ2v) is 7.34. The maximum atomic E-state index is 11.5. The zero-order valence-electron chi connectivity index (χ0n) is 13.4. The van der Waals surface area contributed by atoms with Gasteiger partial charge in [0.25, 0.3) is 0 Å². The zero-order valence-corrected chi connectivity index (χ0v) is 13.4. The number of rotatable bonds is 5. The molecule has 3 nitrogen and oxygen atoms in total. The van der Waals surface area contributed by atoms with Gasteiger partial charge in [-0.15, -0.1) is 0 Å². The summed E-state index contributed by atoms with van der Waals surface area (Å²) in [7, 11) is 0. The van der Waals surface area contributed by atoms with Gasteiger partial charge in [0.05, 0.1) is 0 Å². The van der Waals surface area contributed by atoms with E-state index in [1.54, 1.807) is 0 Å². The monoisotopic (exact) mass is 268 g/mol. The molecule has 2 N–H and O–H groups in total. The van der Waals surface area contributed by atoms with Crippen molar-refractivity contribution in [3.63, 3.8) is 0 Å². The molecule has 1 aliphatic carbocycles. The average molecular weight is 268 g/mol. The van der Waals surface area contributed by atoms with Crippen molar-refractivity contribution in [3.8, 4) is 0 Å². The highest BCUT2D eigenvalue weighted by molar-refractivity contribution is 5.76. The number of carbonyl (C=O) groups excluding carboxylic acids is 1. The summed E-state index contributed by atoms with van der Waals surface area (Å²) in [5.74, 6) is 1.01. The van der Waals surface area contributed by atoms with Crippen LogP contribution in [0.15, 0.2) is 0 Å². The topological polar surface area (TPSA) is 41.1 Å². The van der Waals surface area contributed by atoms with Crippen molar-refractivity contribution in [1.29, 1.82) is 0 Å². The first-order chi connectivity index (χ1) is 8.79. The predicted molar refractivity (Wildman–Crippen MR) is 81.1 cm³/mol. The summed E-state index contributed by atoms with van der Waals surface area (Å²) in [6.45, 7) is 11.9. The molecule has 112 valence electrons. The van der Waals surface area contributed by atoms with Crippen molar-refractivity contribution < 1.29 is 4.79 Å². The van der Waals surface area contributed by atoms with E-state index in [1.807, 2.05) is 13.8 Å². The van der Waals surface area contributed by atoms with Crippen LogP contribution in [0.4, 0.5) is 0 Å². The first-order valence-corrected chi connectivity index (χ1v) is 7.81. The van der Waals surface area contributed by atoms with E-state index >= 15 is 0 Å². The summed E-state index contributed by atoms with van der Waals surface area (Å²) < 4.78 is 0. The van der Waals surface area contributed by atoms with Gasteiger partial charge < -0.3 is 10.6 Å². The molecule has 0 unspecified atom stereocenters. The van der Waals surface area contributed by atoms with Gasteiger partial charge in [0, 0.05) is 25.0 Å². The lowest BCUT2D eigenvalue weighted by atomic mass is 9.71. The second-order valence-electron chi connectivity index (χ2n) is 7.34. The van der Waals surface area contributed by atoms with E-state index in [4.69, 9.17) is 0 Å². The maximum Gasteiger partial charge on any atom is 0.221 e. The summed E-state index contributed by atoms with van der Waals surface area (Å²) >= 11 is 0. The smallest absolute Gasteiger partial charge is 0.221 e. The molecule has 19 heavy (non-hydrogen) atoms. The number of nitrogens with one attached hydrogen (secondary N) is 2. The van der Waals surface area contributed by atoms with E-state index in [2.05, 4.69) is 31.4 Å². The fourth-order valence-electron chi connectivity index (χ4n) is 2.95. The van der Waals surface area contributed by atoms with Gasteiger partial charge in [-0.3, -0.25) is 4.79 Å². The highest BCUT2D eigenvalue weighted by atomic mass is 16.1. The van der Waals surface area contributed by atoms with Crippen LogP contribution in [0.25, 0.3) is 0 Å². The minimum Gasteiger partial charge on any atom is -0.354 e. The molecule has 0 spiro atoms. The third kappa shape index (κ3) is 6.42. The van der Waals surface area contributed by atoms with Gasteiger partial charge >= 0.3 is 0 Å². The van der Waals surface area contributed by atoms with Gasteiger partial charge in [0.1, 0.15) is 0 Å². The fraction of sp³-hybridized carbons (Fsp3) is 0.938. The molecule has 0 aromatic rings. The lowest BCUT2D eigenvalue weighted by molar-refractivity contribution is -0.121. The minimum absolute atomic E-state index is 0.158. The Bertz CT molecular complexity index is 273. The normalized spacial score (nSPS) is 24.5. The number of hydrogen-bond donors (Lipinski definition) is 2. The van der Waals surface area contributed by atoms with Gasteiger partial charge in [0.15, 0.2) is 0 Å². The Morgan fingerprint density at radius 3 is 2.21 bits per heavy atom. The van der Waals surface area contributed by atoms with E-state index in [0.717, 1.165) is 12.5 Å². The molecule has 1 fully saturated rings. The van der Waals surface area contributed by atoms with Crippen LogP contribution in [0, 0.1) is 11.3 Å². The predicted octanol–water partition coefficient (Wildman–Crippen LogP) is 3.10. The van der Waals surface area contributed by atoms with Crippen molar-refractivity contribution in [2.75, 3.05) is 6.54 Å². The summed E-state index contributed by atoms with van der Waals surface area (Å²) in [5, 5.41) is 6.47. The minimum atomic E-state index is 0.158. The Morgan fingerprint density at radius 1 is 1.16 bits per heavy atom. The SMILES string of the molecule is CC(C)NC(=O)CCNC1CCC(C(C)(C)C)CC1. The first kappa shape index (κ1) is 16.5. The summed E-state index contributed by atoms with van der Waals surface area (Å²) in [6, 6.07) is 0.861. The van der Waals surface area contributed by atoms with Gasteiger partial charge in [-0.1, -0.05) is 20.8 Å². The van der Waals surface area contributed by atoms with Gasteiger partial charge in [-0.25, -0.2) is 0 Å². The van der Waals surface area contributed by atoms with Crippen molar-refractivity contribution in [1.82, 2.24) is 10.6 Å². The Kier molecular flexibility index (Phi) is 6.31. The fourth-order valence-corrected chi connectivity index (χ4v) is 2.95. The maximum absolute atomic E-state index is 11.5. The Labute approximate surface area is 118 Å². The van der Waals surface area contributed by atoms with Crippen LogP contribution < -0.4 is 10.6 Å². The molecule has 0 aromatic heterocycles. The number of carbonyl (C=O) groups is 1. The van der Waals surface area contributed by atoms with E-state index in [1.165, 1.54) is 25.7 Å². The molecule has 1 rings (SSSR count). The van der Waals surface area contributed by atoms with Crippen molar-refractivity contribution in [2.24, 2.45) is 11.3 Å². The molecule has 0 aromatic carbocycles. The Balaban J connectivity index is 2.15. The molecule has 1 amide bonds. The third-order valence-corrected chi connectivity index (χ3v) is 4.19. The van der Waals surface area contributed by atoms with Crippen LogP contribution >= 0.6 is 0 Å².